The Morgan fingerprint density at radius 3 is 2.40 bits per heavy atom. The Morgan fingerprint density at radius 1 is 1.00 bits per heavy atom. The van der Waals surface area contributed by atoms with Crippen molar-refractivity contribution in [3.63, 3.8) is 0 Å². The summed E-state index contributed by atoms with van der Waals surface area (Å²) in [4.78, 5) is 0. The van der Waals surface area contributed by atoms with Gasteiger partial charge in [-0.15, -0.1) is 0 Å². The Balaban J connectivity index is 1.84. The number of halogens is 3. The summed E-state index contributed by atoms with van der Waals surface area (Å²) in [5.74, 6) is 0.832. The molecule has 0 amide bonds. The quantitative estimate of drug-likeness (QED) is 0.736. The van der Waals surface area contributed by atoms with Crippen molar-refractivity contribution in [1.82, 2.24) is 0 Å². The van der Waals surface area contributed by atoms with Crippen LogP contribution in [0.1, 0.15) is 5.56 Å². The van der Waals surface area contributed by atoms with Crippen molar-refractivity contribution >= 4 is 40.5 Å². The molecule has 0 fully saturated rings. The lowest BCUT2D eigenvalue weighted by Crippen LogP contribution is -2.12. The summed E-state index contributed by atoms with van der Waals surface area (Å²) in [6, 6.07) is 10.9. The molecule has 0 aliphatic carbocycles. The molecule has 0 aliphatic heterocycles. The third-order valence-electron chi connectivity index (χ3n) is 2.74. The van der Waals surface area contributed by atoms with E-state index in [-0.39, 0.29) is 0 Å². The number of ether oxygens (including phenoxy) is 1. The van der Waals surface area contributed by atoms with Crippen LogP contribution in [-0.4, -0.2) is 13.2 Å². The molecule has 0 aromatic heterocycles. The van der Waals surface area contributed by atoms with Crippen molar-refractivity contribution in [2.75, 3.05) is 18.5 Å². The Morgan fingerprint density at radius 2 is 1.70 bits per heavy atom. The van der Waals surface area contributed by atoms with Crippen LogP contribution in [-0.2, 0) is 0 Å². The zero-order chi connectivity index (χ0) is 14.5. The third-order valence-corrected chi connectivity index (χ3v) is 3.53. The first kappa shape index (κ1) is 15.3. The highest BCUT2D eigenvalue weighted by atomic mass is 35.5. The van der Waals surface area contributed by atoms with Crippen LogP contribution >= 0.6 is 34.8 Å². The standard InChI is InChI=1S/C15H14Cl3NO/c1-10-8-11(16)3-5-15(10)20-7-6-19-14-4-2-12(17)9-13(14)18/h2-5,8-9,19H,6-7H2,1H3. The van der Waals surface area contributed by atoms with Gasteiger partial charge in [-0.3, -0.25) is 0 Å². The normalized spacial score (nSPS) is 10.4. The van der Waals surface area contributed by atoms with Crippen LogP contribution in [0.3, 0.4) is 0 Å². The molecule has 5 heteroatoms. The summed E-state index contributed by atoms with van der Waals surface area (Å²) in [5.41, 5.74) is 1.86. The Kier molecular flexibility index (Phi) is 5.41. The molecule has 0 radical (unpaired) electrons. The SMILES string of the molecule is Cc1cc(Cl)ccc1OCCNc1ccc(Cl)cc1Cl. The number of benzene rings is 2. The van der Waals surface area contributed by atoms with Gasteiger partial charge in [0.15, 0.2) is 0 Å². The van der Waals surface area contributed by atoms with Crippen molar-refractivity contribution in [3.8, 4) is 5.75 Å². The largest absolute Gasteiger partial charge is 0.491 e. The summed E-state index contributed by atoms with van der Waals surface area (Å²) >= 11 is 17.8. The lowest BCUT2D eigenvalue weighted by Gasteiger charge is -2.11. The molecular formula is C15H14Cl3NO. The van der Waals surface area contributed by atoms with E-state index >= 15 is 0 Å². The molecule has 1 N–H and O–H groups in total. The van der Waals surface area contributed by atoms with Gasteiger partial charge in [0.25, 0.3) is 0 Å². The van der Waals surface area contributed by atoms with Gasteiger partial charge in [-0.1, -0.05) is 34.8 Å². The fourth-order valence-corrected chi connectivity index (χ4v) is 2.46. The van der Waals surface area contributed by atoms with Crippen LogP contribution in [0.5, 0.6) is 5.75 Å². The molecule has 20 heavy (non-hydrogen) atoms. The summed E-state index contributed by atoms with van der Waals surface area (Å²) in [5, 5.41) is 5.13. The second kappa shape index (κ2) is 7.07. The van der Waals surface area contributed by atoms with Gasteiger partial charge in [0, 0.05) is 16.6 Å². The summed E-state index contributed by atoms with van der Waals surface area (Å²) in [7, 11) is 0. The molecule has 0 heterocycles. The maximum atomic E-state index is 6.07. The van der Waals surface area contributed by atoms with Crippen molar-refractivity contribution in [2.24, 2.45) is 0 Å². The highest BCUT2D eigenvalue weighted by molar-refractivity contribution is 6.36. The lowest BCUT2D eigenvalue weighted by atomic mass is 10.2. The van der Waals surface area contributed by atoms with E-state index in [0.717, 1.165) is 17.0 Å². The maximum absolute atomic E-state index is 6.07. The van der Waals surface area contributed by atoms with Crippen molar-refractivity contribution in [2.45, 2.75) is 6.92 Å². The van der Waals surface area contributed by atoms with Crippen LogP contribution < -0.4 is 10.1 Å². The lowest BCUT2D eigenvalue weighted by molar-refractivity contribution is 0.330. The molecule has 2 aromatic carbocycles. The molecule has 0 aliphatic rings. The zero-order valence-electron chi connectivity index (χ0n) is 10.9. The average Bonchev–Trinajstić information content (AvgIpc) is 2.39. The Bertz CT molecular complexity index is 548. The summed E-state index contributed by atoms with van der Waals surface area (Å²) < 4.78 is 5.69. The molecule has 2 nitrogen and oxygen atoms in total. The van der Waals surface area contributed by atoms with E-state index in [1.807, 2.05) is 31.2 Å². The maximum Gasteiger partial charge on any atom is 0.122 e. The number of hydrogen-bond acceptors (Lipinski definition) is 2. The molecule has 106 valence electrons. The molecule has 0 unspecified atom stereocenters. The zero-order valence-corrected chi connectivity index (χ0v) is 13.2. The van der Waals surface area contributed by atoms with Gasteiger partial charge in [0.1, 0.15) is 12.4 Å². The number of hydrogen-bond donors (Lipinski definition) is 1. The van der Waals surface area contributed by atoms with Gasteiger partial charge in [0.2, 0.25) is 0 Å². The second-order valence-electron chi connectivity index (χ2n) is 4.31. The Hall–Kier alpha value is -1.09. The molecule has 0 saturated carbocycles. The average molecular weight is 331 g/mol. The van der Waals surface area contributed by atoms with Gasteiger partial charge in [-0.05, 0) is 48.9 Å². The molecule has 2 rings (SSSR count). The van der Waals surface area contributed by atoms with E-state index in [1.54, 1.807) is 12.1 Å². The predicted molar refractivity (Wildman–Crippen MR) is 86.6 cm³/mol. The molecular weight excluding hydrogens is 317 g/mol. The van der Waals surface area contributed by atoms with E-state index in [9.17, 15) is 0 Å². The number of aryl methyl sites for hydroxylation is 1. The van der Waals surface area contributed by atoms with Gasteiger partial charge >= 0.3 is 0 Å². The molecule has 2 aromatic rings. The summed E-state index contributed by atoms with van der Waals surface area (Å²) in [6.07, 6.45) is 0. The molecule has 0 bridgehead atoms. The number of nitrogens with one attached hydrogen (secondary N) is 1. The minimum atomic E-state index is 0.529. The first-order chi connectivity index (χ1) is 9.56. The van der Waals surface area contributed by atoms with Gasteiger partial charge in [-0.2, -0.15) is 0 Å². The van der Waals surface area contributed by atoms with Crippen LogP contribution in [0, 0.1) is 6.92 Å². The highest BCUT2D eigenvalue weighted by Crippen LogP contribution is 2.25. The first-order valence-electron chi connectivity index (χ1n) is 6.14. The smallest absolute Gasteiger partial charge is 0.122 e. The van der Waals surface area contributed by atoms with Crippen LogP contribution in [0.4, 0.5) is 5.69 Å². The van der Waals surface area contributed by atoms with Crippen molar-refractivity contribution in [3.05, 3.63) is 57.0 Å². The minimum absolute atomic E-state index is 0.529. The van der Waals surface area contributed by atoms with Crippen LogP contribution in [0.2, 0.25) is 15.1 Å². The van der Waals surface area contributed by atoms with E-state index in [0.29, 0.717) is 28.2 Å². The molecule has 0 spiro atoms. The van der Waals surface area contributed by atoms with Crippen LogP contribution in [0.15, 0.2) is 36.4 Å². The van der Waals surface area contributed by atoms with Gasteiger partial charge < -0.3 is 10.1 Å². The topological polar surface area (TPSA) is 21.3 Å². The van der Waals surface area contributed by atoms with E-state index in [4.69, 9.17) is 39.5 Å². The monoisotopic (exact) mass is 329 g/mol. The van der Waals surface area contributed by atoms with E-state index < -0.39 is 0 Å². The minimum Gasteiger partial charge on any atom is -0.491 e. The molecule has 0 atom stereocenters. The van der Waals surface area contributed by atoms with Crippen molar-refractivity contribution in [1.29, 1.82) is 0 Å². The second-order valence-corrected chi connectivity index (χ2v) is 5.59. The fraction of sp³-hybridized carbons (Fsp3) is 0.200. The summed E-state index contributed by atoms with van der Waals surface area (Å²) in [6.45, 7) is 3.13. The van der Waals surface area contributed by atoms with E-state index in [2.05, 4.69) is 5.32 Å². The van der Waals surface area contributed by atoms with Gasteiger partial charge in [-0.25, -0.2) is 0 Å². The number of rotatable bonds is 5. The first-order valence-corrected chi connectivity index (χ1v) is 7.27. The fourth-order valence-electron chi connectivity index (χ4n) is 1.75. The highest BCUT2D eigenvalue weighted by Gasteiger charge is 2.02. The molecule has 0 saturated heterocycles. The third kappa shape index (κ3) is 4.20. The number of anilines is 1. The predicted octanol–water partition coefficient (Wildman–Crippen LogP) is 5.45. The van der Waals surface area contributed by atoms with Crippen LogP contribution in [0.25, 0.3) is 0 Å². The van der Waals surface area contributed by atoms with Gasteiger partial charge in [0.05, 0.1) is 10.7 Å². The van der Waals surface area contributed by atoms with E-state index in [1.165, 1.54) is 0 Å². The Labute approximate surface area is 133 Å². The van der Waals surface area contributed by atoms with Crippen molar-refractivity contribution < 1.29 is 4.74 Å².